The number of rotatable bonds is 5. The van der Waals surface area contributed by atoms with Crippen LogP contribution in [-0.2, 0) is 6.54 Å². The Bertz CT molecular complexity index is 665. The molecule has 0 atom stereocenters. The fraction of sp³-hybridized carbons (Fsp3) is 0.471. The van der Waals surface area contributed by atoms with Crippen molar-refractivity contribution in [2.24, 2.45) is 0 Å². The van der Waals surface area contributed by atoms with Gasteiger partial charge in [-0.3, -0.25) is 0 Å². The summed E-state index contributed by atoms with van der Waals surface area (Å²) in [5, 5.41) is 20.1. The van der Waals surface area contributed by atoms with Gasteiger partial charge in [0.05, 0.1) is 5.60 Å². The van der Waals surface area contributed by atoms with E-state index in [9.17, 15) is 9.90 Å². The highest BCUT2D eigenvalue weighted by Crippen LogP contribution is 2.27. The molecule has 2 amide bonds. The Morgan fingerprint density at radius 1 is 1.25 bits per heavy atom. The number of aliphatic hydroxyl groups is 1. The summed E-state index contributed by atoms with van der Waals surface area (Å²) < 4.78 is 1.67. The summed E-state index contributed by atoms with van der Waals surface area (Å²) >= 11 is 0. The van der Waals surface area contributed by atoms with Gasteiger partial charge in [0.2, 0.25) is 0 Å². The third-order valence-corrected chi connectivity index (χ3v) is 4.36. The molecule has 0 radical (unpaired) electrons. The number of aromatic nitrogens is 3. The lowest BCUT2D eigenvalue weighted by Gasteiger charge is -2.32. The molecule has 3 rings (SSSR count). The third kappa shape index (κ3) is 4.32. The molecule has 0 aliphatic heterocycles. The molecule has 7 heteroatoms. The zero-order valence-corrected chi connectivity index (χ0v) is 13.6. The van der Waals surface area contributed by atoms with E-state index in [0.29, 0.717) is 18.9 Å². The summed E-state index contributed by atoms with van der Waals surface area (Å²) in [6, 6.07) is 5.28. The summed E-state index contributed by atoms with van der Waals surface area (Å²) in [6.07, 6.45) is 9.91. The number of urea groups is 1. The van der Waals surface area contributed by atoms with Crippen molar-refractivity contribution in [1.82, 2.24) is 25.4 Å². The summed E-state index contributed by atoms with van der Waals surface area (Å²) in [5.41, 5.74) is 0.182. The van der Waals surface area contributed by atoms with Gasteiger partial charge in [-0.2, -0.15) is 5.10 Å². The van der Waals surface area contributed by atoms with Crippen LogP contribution >= 0.6 is 0 Å². The fourth-order valence-electron chi connectivity index (χ4n) is 2.98. The van der Waals surface area contributed by atoms with E-state index in [1.54, 1.807) is 17.1 Å². The predicted octanol–water partition coefficient (Wildman–Crippen LogP) is 1.76. The minimum absolute atomic E-state index is 0.272. The van der Waals surface area contributed by atoms with Crippen molar-refractivity contribution in [3.05, 3.63) is 42.4 Å². The summed E-state index contributed by atoms with van der Waals surface area (Å²) in [6.45, 7) is 0.689. The monoisotopic (exact) mass is 329 g/mol. The number of nitrogens with one attached hydrogen (secondary N) is 2. The number of carbonyl (C=O) groups excluding carboxylic acids is 1. The van der Waals surface area contributed by atoms with Gasteiger partial charge >= 0.3 is 6.03 Å². The SMILES string of the molecule is O=C(NCc1ccnc(-n2cccn2)c1)NCC1(O)CCCCC1. The molecule has 1 fully saturated rings. The third-order valence-electron chi connectivity index (χ3n) is 4.36. The van der Waals surface area contributed by atoms with E-state index in [1.165, 1.54) is 0 Å². The van der Waals surface area contributed by atoms with Crippen molar-refractivity contribution in [1.29, 1.82) is 0 Å². The van der Waals surface area contributed by atoms with Crippen molar-refractivity contribution in [2.75, 3.05) is 6.54 Å². The van der Waals surface area contributed by atoms with Crippen molar-refractivity contribution in [3.8, 4) is 5.82 Å². The number of amides is 2. The Balaban J connectivity index is 1.48. The zero-order chi connectivity index (χ0) is 16.8. The maximum absolute atomic E-state index is 11.9. The van der Waals surface area contributed by atoms with Crippen molar-refractivity contribution in [3.63, 3.8) is 0 Å². The maximum atomic E-state index is 11.9. The predicted molar refractivity (Wildman–Crippen MR) is 89.6 cm³/mol. The topological polar surface area (TPSA) is 92.1 Å². The van der Waals surface area contributed by atoms with Crippen LogP contribution in [-0.4, -0.2) is 38.0 Å². The Hall–Kier alpha value is -2.41. The van der Waals surface area contributed by atoms with Gasteiger partial charge in [-0.15, -0.1) is 0 Å². The average molecular weight is 329 g/mol. The Labute approximate surface area is 141 Å². The molecule has 0 unspecified atom stereocenters. The van der Waals surface area contributed by atoms with E-state index < -0.39 is 5.60 Å². The fourth-order valence-corrected chi connectivity index (χ4v) is 2.98. The highest BCUT2D eigenvalue weighted by Gasteiger charge is 2.29. The highest BCUT2D eigenvalue weighted by molar-refractivity contribution is 5.73. The van der Waals surface area contributed by atoms with Crippen molar-refractivity contribution < 1.29 is 9.90 Å². The second-order valence-corrected chi connectivity index (χ2v) is 6.29. The first kappa shape index (κ1) is 16.4. The largest absolute Gasteiger partial charge is 0.388 e. The van der Waals surface area contributed by atoms with Crippen LogP contribution in [0.25, 0.3) is 5.82 Å². The number of nitrogens with zero attached hydrogens (tertiary/aromatic N) is 3. The number of hydrogen-bond acceptors (Lipinski definition) is 4. The van der Waals surface area contributed by atoms with Crippen LogP contribution in [0.1, 0.15) is 37.7 Å². The normalized spacial score (nSPS) is 16.5. The molecule has 24 heavy (non-hydrogen) atoms. The quantitative estimate of drug-likeness (QED) is 0.779. The average Bonchev–Trinajstić information content (AvgIpc) is 3.14. The molecule has 0 bridgehead atoms. The second-order valence-electron chi connectivity index (χ2n) is 6.29. The first-order chi connectivity index (χ1) is 11.6. The highest BCUT2D eigenvalue weighted by atomic mass is 16.3. The molecular weight excluding hydrogens is 306 g/mol. The lowest BCUT2D eigenvalue weighted by Crippen LogP contribution is -2.47. The summed E-state index contributed by atoms with van der Waals surface area (Å²) in [4.78, 5) is 16.2. The molecule has 1 aliphatic rings. The first-order valence-electron chi connectivity index (χ1n) is 8.34. The molecule has 7 nitrogen and oxygen atoms in total. The molecule has 3 N–H and O–H groups in total. The van der Waals surface area contributed by atoms with Gasteiger partial charge < -0.3 is 15.7 Å². The molecule has 0 aromatic carbocycles. The summed E-state index contributed by atoms with van der Waals surface area (Å²) in [7, 11) is 0. The van der Waals surface area contributed by atoms with Gasteiger partial charge in [0, 0.05) is 31.7 Å². The molecule has 1 aliphatic carbocycles. The van der Waals surface area contributed by atoms with Crippen LogP contribution in [0.5, 0.6) is 0 Å². The van der Waals surface area contributed by atoms with E-state index in [4.69, 9.17) is 0 Å². The Morgan fingerprint density at radius 3 is 2.83 bits per heavy atom. The van der Waals surface area contributed by atoms with Gasteiger partial charge in [0.1, 0.15) is 0 Å². The molecule has 0 spiro atoms. The van der Waals surface area contributed by atoms with Gasteiger partial charge in [-0.05, 0) is 36.6 Å². The smallest absolute Gasteiger partial charge is 0.315 e. The minimum atomic E-state index is -0.750. The van der Waals surface area contributed by atoms with Crippen LogP contribution < -0.4 is 10.6 Å². The minimum Gasteiger partial charge on any atom is -0.388 e. The maximum Gasteiger partial charge on any atom is 0.315 e. The lowest BCUT2D eigenvalue weighted by molar-refractivity contribution is 0.00719. The van der Waals surface area contributed by atoms with Crippen molar-refractivity contribution >= 4 is 6.03 Å². The number of hydrogen-bond donors (Lipinski definition) is 3. The molecule has 128 valence electrons. The molecule has 2 aromatic heterocycles. The standard InChI is InChI=1S/C17H23N5O2/c23-16(20-13-17(24)6-2-1-3-7-17)19-12-14-5-9-18-15(11-14)22-10-4-8-21-22/h4-5,8-11,24H,1-3,6-7,12-13H2,(H2,19,20,23). The van der Waals surface area contributed by atoms with Gasteiger partial charge in [0.25, 0.3) is 0 Å². The van der Waals surface area contributed by atoms with Crippen LogP contribution in [0, 0.1) is 0 Å². The molecule has 2 heterocycles. The van der Waals surface area contributed by atoms with Crippen LogP contribution in [0.4, 0.5) is 4.79 Å². The van der Waals surface area contributed by atoms with E-state index in [0.717, 1.165) is 37.7 Å². The zero-order valence-electron chi connectivity index (χ0n) is 13.6. The molecule has 0 saturated heterocycles. The summed E-state index contributed by atoms with van der Waals surface area (Å²) in [5.74, 6) is 0.705. The lowest BCUT2D eigenvalue weighted by atomic mass is 9.85. The van der Waals surface area contributed by atoms with E-state index in [-0.39, 0.29) is 6.03 Å². The molecule has 2 aromatic rings. The first-order valence-corrected chi connectivity index (χ1v) is 8.34. The number of pyridine rings is 1. The second kappa shape index (κ2) is 7.44. The number of carbonyl (C=O) groups is 1. The van der Waals surface area contributed by atoms with E-state index >= 15 is 0 Å². The van der Waals surface area contributed by atoms with Crippen LogP contribution in [0.3, 0.4) is 0 Å². The van der Waals surface area contributed by atoms with Gasteiger partial charge in [-0.1, -0.05) is 19.3 Å². The van der Waals surface area contributed by atoms with Gasteiger partial charge in [0.15, 0.2) is 5.82 Å². The van der Waals surface area contributed by atoms with Crippen LogP contribution in [0.15, 0.2) is 36.8 Å². The Kier molecular flexibility index (Phi) is 5.10. The van der Waals surface area contributed by atoms with Crippen LogP contribution in [0.2, 0.25) is 0 Å². The Morgan fingerprint density at radius 2 is 2.08 bits per heavy atom. The molecular formula is C17H23N5O2. The van der Waals surface area contributed by atoms with E-state index in [2.05, 4.69) is 20.7 Å². The molecule has 1 saturated carbocycles. The van der Waals surface area contributed by atoms with Gasteiger partial charge in [-0.25, -0.2) is 14.5 Å². The van der Waals surface area contributed by atoms with E-state index in [1.807, 2.05) is 24.4 Å². The van der Waals surface area contributed by atoms with Crippen molar-refractivity contribution in [2.45, 2.75) is 44.2 Å².